The highest BCUT2D eigenvalue weighted by Crippen LogP contribution is 2.22. The van der Waals surface area contributed by atoms with Crippen molar-refractivity contribution in [3.05, 3.63) is 72.4 Å². The number of furan rings is 1. The van der Waals surface area contributed by atoms with Crippen molar-refractivity contribution >= 4 is 5.69 Å². The van der Waals surface area contributed by atoms with Gasteiger partial charge in [-0.15, -0.1) is 0 Å². The minimum atomic E-state index is 0.0603. The average Bonchev–Trinajstić information content (AvgIpc) is 3.07. The molecule has 0 bridgehead atoms. The van der Waals surface area contributed by atoms with Crippen LogP contribution in [0.2, 0.25) is 0 Å². The second kappa shape index (κ2) is 6.24. The van der Waals surface area contributed by atoms with Gasteiger partial charge in [0.25, 0.3) is 0 Å². The number of aliphatic hydroxyl groups excluding tert-OH is 1. The predicted molar refractivity (Wildman–Crippen MR) is 81.6 cm³/mol. The fraction of sp³-hybridized carbons (Fsp3) is 0.118. The van der Waals surface area contributed by atoms with Gasteiger partial charge in [-0.25, -0.2) is 0 Å². The van der Waals surface area contributed by atoms with Crippen LogP contribution in [0, 0.1) is 0 Å². The lowest BCUT2D eigenvalue weighted by Gasteiger charge is -2.07. The molecule has 4 nitrogen and oxygen atoms in total. The molecule has 2 N–H and O–H groups in total. The first kappa shape index (κ1) is 13.4. The lowest BCUT2D eigenvalue weighted by Crippen LogP contribution is -1.98. The highest BCUT2D eigenvalue weighted by Gasteiger charge is 2.01. The molecule has 2 heterocycles. The van der Waals surface area contributed by atoms with Crippen molar-refractivity contribution in [1.29, 1.82) is 0 Å². The minimum Gasteiger partial charge on any atom is -0.472 e. The third-order valence-electron chi connectivity index (χ3n) is 3.28. The lowest BCUT2D eigenvalue weighted by molar-refractivity contribution is 0.282. The van der Waals surface area contributed by atoms with Crippen molar-refractivity contribution in [3.8, 4) is 11.1 Å². The van der Waals surface area contributed by atoms with E-state index in [0.717, 1.165) is 27.9 Å². The van der Waals surface area contributed by atoms with Crippen molar-refractivity contribution < 1.29 is 9.52 Å². The van der Waals surface area contributed by atoms with Gasteiger partial charge in [0.1, 0.15) is 0 Å². The molecule has 0 atom stereocenters. The van der Waals surface area contributed by atoms with Gasteiger partial charge in [0.2, 0.25) is 0 Å². The molecule has 0 saturated carbocycles. The maximum absolute atomic E-state index is 9.07. The number of rotatable bonds is 5. The van der Waals surface area contributed by atoms with Crippen LogP contribution in [0.3, 0.4) is 0 Å². The first-order valence-electron chi connectivity index (χ1n) is 6.75. The topological polar surface area (TPSA) is 58.3 Å². The van der Waals surface area contributed by atoms with Crippen molar-refractivity contribution in [3.63, 3.8) is 0 Å². The fourth-order valence-electron chi connectivity index (χ4n) is 2.09. The molecule has 0 amide bonds. The Kier molecular flexibility index (Phi) is 3.98. The van der Waals surface area contributed by atoms with E-state index in [-0.39, 0.29) is 6.61 Å². The van der Waals surface area contributed by atoms with E-state index >= 15 is 0 Å². The smallest absolute Gasteiger partial charge is 0.0952 e. The molecule has 3 rings (SSSR count). The van der Waals surface area contributed by atoms with Crippen LogP contribution in [0.4, 0.5) is 5.69 Å². The van der Waals surface area contributed by atoms with E-state index < -0.39 is 0 Å². The fourth-order valence-corrected chi connectivity index (χ4v) is 2.09. The Morgan fingerprint density at radius 1 is 1.00 bits per heavy atom. The summed E-state index contributed by atoms with van der Waals surface area (Å²) in [6.07, 6.45) is 7.01. The molecule has 3 aromatic rings. The van der Waals surface area contributed by atoms with Gasteiger partial charge in [-0.05, 0) is 23.3 Å². The summed E-state index contributed by atoms with van der Waals surface area (Å²) < 4.78 is 5.04. The second-order valence-corrected chi connectivity index (χ2v) is 4.80. The Morgan fingerprint density at radius 2 is 1.86 bits per heavy atom. The monoisotopic (exact) mass is 280 g/mol. The van der Waals surface area contributed by atoms with Gasteiger partial charge in [0.05, 0.1) is 24.8 Å². The van der Waals surface area contributed by atoms with Gasteiger partial charge in [-0.2, -0.15) is 0 Å². The number of benzene rings is 1. The summed E-state index contributed by atoms with van der Waals surface area (Å²) in [5.74, 6) is 0. The van der Waals surface area contributed by atoms with Crippen LogP contribution in [-0.4, -0.2) is 10.1 Å². The summed E-state index contributed by atoms with van der Waals surface area (Å²) in [5.41, 5.74) is 5.07. The number of aromatic nitrogens is 1. The van der Waals surface area contributed by atoms with Crippen LogP contribution in [0.15, 0.2) is 65.7 Å². The van der Waals surface area contributed by atoms with Crippen LogP contribution in [0.5, 0.6) is 0 Å². The van der Waals surface area contributed by atoms with Gasteiger partial charge in [-0.3, -0.25) is 4.98 Å². The Hall–Kier alpha value is -2.59. The van der Waals surface area contributed by atoms with Crippen LogP contribution >= 0.6 is 0 Å². The number of hydrogen-bond donors (Lipinski definition) is 2. The van der Waals surface area contributed by atoms with Gasteiger partial charge in [-0.1, -0.05) is 24.3 Å². The Labute approximate surface area is 123 Å². The Morgan fingerprint density at radius 3 is 2.57 bits per heavy atom. The number of anilines is 1. The summed E-state index contributed by atoms with van der Waals surface area (Å²) in [4.78, 5) is 4.27. The normalized spacial score (nSPS) is 10.5. The number of pyridine rings is 1. The van der Waals surface area contributed by atoms with Gasteiger partial charge >= 0.3 is 0 Å². The van der Waals surface area contributed by atoms with Crippen molar-refractivity contribution in [1.82, 2.24) is 4.98 Å². The molecule has 0 aliphatic rings. The second-order valence-electron chi connectivity index (χ2n) is 4.80. The highest BCUT2D eigenvalue weighted by molar-refractivity contribution is 5.66. The Balaban J connectivity index is 1.75. The van der Waals surface area contributed by atoms with E-state index in [1.54, 1.807) is 18.7 Å². The lowest BCUT2D eigenvalue weighted by atomic mass is 10.1. The highest BCUT2D eigenvalue weighted by atomic mass is 16.3. The molecule has 0 aliphatic carbocycles. The van der Waals surface area contributed by atoms with Crippen LogP contribution < -0.4 is 5.32 Å². The zero-order chi connectivity index (χ0) is 14.5. The quantitative estimate of drug-likeness (QED) is 0.751. The van der Waals surface area contributed by atoms with E-state index in [1.165, 1.54) is 0 Å². The van der Waals surface area contributed by atoms with Gasteiger partial charge in [0.15, 0.2) is 0 Å². The third kappa shape index (κ3) is 3.30. The van der Waals surface area contributed by atoms with Crippen LogP contribution in [-0.2, 0) is 13.2 Å². The molecular formula is C17H16N2O2. The molecule has 4 heteroatoms. The first-order valence-corrected chi connectivity index (χ1v) is 6.75. The molecule has 1 aromatic carbocycles. The number of nitrogens with one attached hydrogen (secondary N) is 1. The summed E-state index contributed by atoms with van der Waals surface area (Å²) in [7, 11) is 0. The van der Waals surface area contributed by atoms with E-state index in [2.05, 4.69) is 16.4 Å². The SMILES string of the molecule is OCc1ccc(-c2cncc(NCc3ccoc3)c2)cc1. The zero-order valence-corrected chi connectivity index (χ0v) is 11.5. The summed E-state index contributed by atoms with van der Waals surface area (Å²) in [5, 5.41) is 12.4. The third-order valence-corrected chi connectivity index (χ3v) is 3.28. The maximum atomic E-state index is 9.07. The van der Waals surface area contributed by atoms with Crippen molar-refractivity contribution in [2.45, 2.75) is 13.2 Å². The molecule has 2 aromatic heterocycles. The number of hydrogen-bond acceptors (Lipinski definition) is 4. The molecule has 21 heavy (non-hydrogen) atoms. The molecular weight excluding hydrogens is 264 g/mol. The molecule has 0 unspecified atom stereocenters. The zero-order valence-electron chi connectivity index (χ0n) is 11.5. The van der Waals surface area contributed by atoms with E-state index in [4.69, 9.17) is 9.52 Å². The summed E-state index contributed by atoms with van der Waals surface area (Å²) in [6.45, 7) is 0.760. The molecule has 0 spiro atoms. The number of aliphatic hydroxyl groups is 1. The molecule has 106 valence electrons. The average molecular weight is 280 g/mol. The van der Waals surface area contributed by atoms with Crippen LogP contribution in [0.25, 0.3) is 11.1 Å². The standard InChI is InChI=1S/C17H16N2O2/c20-11-13-1-3-15(4-2-13)16-7-17(10-18-9-16)19-8-14-5-6-21-12-14/h1-7,9-10,12,19-20H,8,11H2. The summed E-state index contributed by atoms with van der Waals surface area (Å²) >= 11 is 0. The summed E-state index contributed by atoms with van der Waals surface area (Å²) in [6, 6.07) is 11.8. The molecule has 0 radical (unpaired) electrons. The van der Waals surface area contributed by atoms with E-state index in [1.807, 2.05) is 36.5 Å². The van der Waals surface area contributed by atoms with Crippen LogP contribution in [0.1, 0.15) is 11.1 Å². The van der Waals surface area contributed by atoms with E-state index in [0.29, 0.717) is 6.54 Å². The van der Waals surface area contributed by atoms with Crippen molar-refractivity contribution in [2.75, 3.05) is 5.32 Å². The predicted octanol–water partition coefficient (Wildman–Crippen LogP) is 3.45. The molecule has 0 aliphatic heterocycles. The van der Waals surface area contributed by atoms with Gasteiger partial charge < -0.3 is 14.8 Å². The molecule has 0 fully saturated rings. The largest absolute Gasteiger partial charge is 0.472 e. The number of nitrogens with zero attached hydrogens (tertiary/aromatic N) is 1. The Bertz CT molecular complexity index is 691. The van der Waals surface area contributed by atoms with Gasteiger partial charge in [0, 0.05) is 30.1 Å². The maximum Gasteiger partial charge on any atom is 0.0952 e. The van der Waals surface area contributed by atoms with E-state index in [9.17, 15) is 0 Å². The van der Waals surface area contributed by atoms with Crippen molar-refractivity contribution in [2.24, 2.45) is 0 Å². The first-order chi connectivity index (χ1) is 10.3. The molecule has 0 saturated heterocycles. The minimum absolute atomic E-state index is 0.0603.